The van der Waals surface area contributed by atoms with E-state index in [4.69, 9.17) is 0 Å². The zero-order valence-corrected chi connectivity index (χ0v) is 13.1. The van der Waals surface area contributed by atoms with Crippen molar-refractivity contribution in [2.24, 2.45) is 5.41 Å². The van der Waals surface area contributed by atoms with Crippen LogP contribution >= 0.6 is 11.3 Å². The molecule has 0 radical (unpaired) electrons. The second-order valence-electron chi connectivity index (χ2n) is 5.99. The highest BCUT2D eigenvalue weighted by molar-refractivity contribution is 7.07. The van der Waals surface area contributed by atoms with E-state index in [0.717, 1.165) is 13.1 Å². The Kier molecular flexibility index (Phi) is 5.79. The van der Waals surface area contributed by atoms with Crippen LogP contribution in [0.25, 0.3) is 0 Å². The molecule has 108 valence electrons. The summed E-state index contributed by atoms with van der Waals surface area (Å²) in [5, 5.41) is 5.74. The van der Waals surface area contributed by atoms with Crippen LogP contribution in [-0.4, -0.2) is 36.6 Å². The van der Waals surface area contributed by atoms with Gasteiger partial charge in [-0.05, 0) is 31.8 Å². The molecule has 1 saturated carbocycles. The van der Waals surface area contributed by atoms with Crippen LogP contribution in [0.1, 0.15) is 44.7 Å². The number of hydrogen-bond donors (Lipinski definition) is 1. The molecule has 1 aliphatic carbocycles. The first-order chi connectivity index (χ1) is 9.24. The third-order valence-electron chi connectivity index (χ3n) is 4.18. The van der Waals surface area contributed by atoms with Gasteiger partial charge in [0.1, 0.15) is 0 Å². The molecule has 3 nitrogen and oxygen atoms in total. The van der Waals surface area contributed by atoms with Crippen molar-refractivity contribution in [3.05, 3.63) is 16.6 Å². The molecule has 1 aliphatic rings. The van der Waals surface area contributed by atoms with E-state index < -0.39 is 0 Å². The Morgan fingerprint density at radius 2 is 2.16 bits per heavy atom. The second kappa shape index (κ2) is 7.36. The normalized spacial score (nSPS) is 18.9. The first-order valence-electron chi connectivity index (χ1n) is 7.50. The molecule has 1 heterocycles. The van der Waals surface area contributed by atoms with Crippen LogP contribution in [0.3, 0.4) is 0 Å². The minimum atomic E-state index is 0.485. The molecule has 0 aromatic carbocycles. The van der Waals surface area contributed by atoms with E-state index in [2.05, 4.69) is 34.6 Å². The number of hydrogen-bond acceptors (Lipinski definition) is 4. The van der Waals surface area contributed by atoms with E-state index >= 15 is 0 Å². The number of aromatic nitrogens is 1. The molecule has 1 aromatic heterocycles. The van der Waals surface area contributed by atoms with Gasteiger partial charge in [-0.3, -0.25) is 4.90 Å². The van der Waals surface area contributed by atoms with Gasteiger partial charge >= 0.3 is 0 Å². The summed E-state index contributed by atoms with van der Waals surface area (Å²) >= 11 is 1.69. The summed E-state index contributed by atoms with van der Waals surface area (Å²) in [5.74, 6) is 0. The molecule has 0 bridgehead atoms. The smallest absolute Gasteiger partial charge is 0.0795 e. The van der Waals surface area contributed by atoms with Gasteiger partial charge < -0.3 is 5.32 Å². The summed E-state index contributed by atoms with van der Waals surface area (Å²) in [4.78, 5) is 6.85. The van der Waals surface area contributed by atoms with Gasteiger partial charge in [0.05, 0.1) is 11.2 Å². The lowest BCUT2D eigenvalue weighted by Crippen LogP contribution is -2.44. The van der Waals surface area contributed by atoms with Crippen LogP contribution < -0.4 is 5.32 Å². The molecular formula is C15H27N3S. The molecule has 0 atom stereocenters. The van der Waals surface area contributed by atoms with Gasteiger partial charge in [0.25, 0.3) is 0 Å². The minimum Gasteiger partial charge on any atom is -0.316 e. The lowest BCUT2D eigenvalue weighted by Gasteiger charge is -2.40. The fraction of sp³-hybridized carbons (Fsp3) is 0.800. The van der Waals surface area contributed by atoms with E-state index in [-0.39, 0.29) is 0 Å². The summed E-state index contributed by atoms with van der Waals surface area (Å²) in [6, 6.07) is 0. The van der Waals surface area contributed by atoms with Crippen molar-refractivity contribution in [1.82, 2.24) is 15.2 Å². The van der Waals surface area contributed by atoms with E-state index in [1.54, 1.807) is 11.3 Å². The molecule has 1 aromatic rings. The average molecular weight is 281 g/mol. The largest absolute Gasteiger partial charge is 0.316 e. The van der Waals surface area contributed by atoms with E-state index in [9.17, 15) is 0 Å². The molecule has 0 saturated heterocycles. The Bertz CT molecular complexity index is 344. The standard InChI is InChI=1S/C15H27N3S/c1-3-16-11-15(7-5-4-6-8-15)12-18(2)9-14-10-19-13-17-14/h10,13,16H,3-9,11-12H2,1-2H3. The van der Waals surface area contributed by atoms with Gasteiger partial charge in [0, 0.05) is 25.0 Å². The lowest BCUT2D eigenvalue weighted by molar-refractivity contribution is 0.114. The molecule has 0 amide bonds. The van der Waals surface area contributed by atoms with Crippen LogP contribution in [0, 0.1) is 5.41 Å². The van der Waals surface area contributed by atoms with E-state index in [1.165, 1.54) is 50.9 Å². The Balaban J connectivity index is 1.90. The van der Waals surface area contributed by atoms with Gasteiger partial charge in [-0.25, -0.2) is 4.98 Å². The molecule has 1 fully saturated rings. The van der Waals surface area contributed by atoms with Crippen LogP contribution in [-0.2, 0) is 6.54 Å². The van der Waals surface area contributed by atoms with Gasteiger partial charge in [-0.1, -0.05) is 26.2 Å². The predicted octanol–water partition coefficient (Wildman–Crippen LogP) is 3.13. The highest BCUT2D eigenvalue weighted by Crippen LogP contribution is 2.36. The van der Waals surface area contributed by atoms with Crippen molar-refractivity contribution in [2.75, 3.05) is 26.7 Å². The third kappa shape index (κ3) is 4.55. The molecule has 0 unspecified atom stereocenters. The Morgan fingerprint density at radius 1 is 1.37 bits per heavy atom. The highest BCUT2D eigenvalue weighted by Gasteiger charge is 2.32. The fourth-order valence-electron chi connectivity index (χ4n) is 3.30. The molecule has 0 spiro atoms. The van der Waals surface area contributed by atoms with Crippen molar-refractivity contribution < 1.29 is 0 Å². The van der Waals surface area contributed by atoms with E-state index in [1.807, 2.05) is 5.51 Å². The quantitative estimate of drug-likeness (QED) is 0.832. The molecule has 19 heavy (non-hydrogen) atoms. The predicted molar refractivity (Wildman–Crippen MR) is 82.5 cm³/mol. The summed E-state index contributed by atoms with van der Waals surface area (Å²) < 4.78 is 0. The summed E-state index contributed by atoms with van der Waals surface area (Å²) in [6.45, 7) is 6.63. The summed E-state index contributed by atoms with van der Waals surface area (Å²) in [6.07, 6.45) is 6.97. The molecule has 0 aliphatic heterocycles. The van der Waals surface area contributed by atoms with Gasteiger partial charge in [0.15, 0.2) is 0 Å². The summed E-state index contributed by atoms with van der Waals surface area (Å²) in [7, 11) is 2.24. The average Bonchev–Trinajstić information content (AvgIpc) is 2.90. The van der Waals surface area contributed by atoms with Gasteiger partial charge in [-0.2, -0.15) is 0 Å². The fourth-order valence-corrected chi connectivity index (χ4v) is 3.85. The van der Waals surface area contributed by atoms with Crippen molar-refractivity contribution in [3.63, 3.8) is 0 Å². The molecule has 2 rings (SSSR count). The zero-order valence-electron chi connectivity index (χ0n) is 12.3. The maximum Gasteiger partial charge on any atom is 0.0795 e. The maximum absolute atomic E-state index is 4.40. The van der Waals surface area contributed by atoms with Crippen molar-refractivity contribution >= 4 is 11.3 Å². The molecule has 1 N–H and O–H groups in total. The molecule has 4 heteroatoms. The first kappa shape index (κ1) is 14.9. The lowest BCUT2D eigenvalue weighted by atomic mass is 9.73. The monoisotopic (exact) mass is 281 g/mol. The third-order valence-corrected chi connectivity index (χ3v) is 4.82. The topological polar surface area (TPSA) is 28.2 Å². The Morgan fingerprint density at radius 3 is 2.79 bits per heavy atom. The maximum atomic E-state index is 4.40. The number of nitrogens with one attached hydrogen (secondary N) is 1. The zero-order chi connectivity index (χ0) is 13.6. The number of rotatable bonds is 7. The van der Waals surface area contributed by atoms with Crippen molar-refractivity contribution in [2.45, 2.75) is 45.6 Å². The minimum absolute atomic E-state index is 0.485. The number of thiazole rings is 1. The Labute approximate surface area is 121 Å². The van der Waals surface area contributed by atoms with E-state index in [0.29, 0.717) is 5.41 Å². The second-order valence-corrected chi connectivity index (χ2v) is 6.71. The summed E-state index contributed by atoms with van der Waals surface area (Å²) in [5.41, 5.74) is 3.62. The highest BCUT2D eigenvalue weighted by atomic mass is 32.1. The van der Waals surface area contributed by atoms with Crippen LogP contribution in [0.4, 0.5) is 0 Å². The van der Waals surface area contributed by atoms with Crippen molar-refractivity contribution in [1.29, 1.82) is 0 Å². The van der Waals surface area contributed by atoms with Crippen LogP contribution in [0.5, 0.6) is 0 Å². The van der Waals surface area contributed by atoms with Crippen molar-refractivity contribution in [3.8, 4) is 0 Å². The van der Waals surface area contributed by atoms with Gasteiger partial charge in [-0.15, -0.1) is 11.3 Å². The molecular weight excluding hydrogens is 254 g/mol. The Hall–Kier alpha value is -0.450. The number of nitrogens with zero attached hydrogens (tertiary/aromatic N) is 2. The SMILES string of the molecule is CCNCC1(CN(C)Cc2cscn2)CCCCC1. The first-order valence-corrected chi connectivity index (χ1v) is 8.45. The van der Waals surface area contributed by atoms with Crippen LogP contribution in [0.2, 0.25) is 0 Å². The van der Waals surface area contributed by atoms with Gasteiger partial charge in [0.2, 0.25) is 0 Å². The van der Waals surface area contributed by atoms with Crippen LogP contribution in [0.15, 0.2) is 10.9 Å².